The van der Waals surface area contributed by atoms with E-state index >= 15 is 0 Å². The molecule has 1 aromatic carbocycles. The topological polar surface area (TPSA) is 74.8 Å². The maximum atomic E-state index is 11.7. The molecule has 0 fully saturated rings. The highest BCUT2D eigenvalue weighted by atomic mass is 127. The SMILES string of the molecule is CN=C(NCCC(=O)NC(C)C)NCc1ccc(C)cc1OC(C)C.I. The Morgan fingerprint density at radius 2 is 1.88 bits per heavy atom. The summed E-state index contributed by atoms with van der Waals surface area (Å²) in [5.74, 6) is 1.58. The highest BCUT2D eigenvalue weighted by Crippen LogP contribution is 2.21. The number of halogens is 1. The number of rotatable bonds is 8. The van der Waals surface area contributed by atoms with Crippen molar-refractivity contribution in [2.45, 2.75) is 59.7 Å². The molecule has 3 N–H and O–H groups in total. The number of ether oxygens (including phenoxy) is 1. The van der Waals surface area contributed by atoms with Crippen LogP contribution < -0.4 is 20.7 Å². The Morgan fingerprint density at radius 1 is 1.19 bits per heavy atom. The summed E-state index contributed by atoms with van der Waals surface area (Å²) in [6.07, 6.45) is 0.531. The van der Waals surface area contributed by atoms with E-state index in [1.807, 2.05) is 40.7 Å². The Balaban J connectivity index is 0.00000625. The van der Waals surface area contributed by atoms with Crippen molar-refractivity contribution in [3.05, 3.63) is 29.3 Å². The van der Waals surface area contributed by atoms with Gasteiger partial charge in [0.15, 0.2) is 5.96 Å². The van der Waals surface area contributed by atoms with Crippen molar-refractivity contribution < 1.29 is 9.53 Å². The van der Waals surface area contributed by atoms with Gasteiger partial charge in [-0.2, -0.15) is 0 Å². The molecule has 148 valence electrons. The highest BCUT2D eigenvalue weighted by molar-refractivity contribution is 14.0. The van der Waals surface area contributed by atoms with Crippen LogP contribution in [0.15, 0.2) is 23.2 Å². The predicted molar refractivity (Wildman–Crippen MR) is 118 cm³/mol. The Labute approximate surface area is 174 Å². The third kappa shape index (κ3) is 9.84. The lowest BCUT2D eigenvalue weighted by Crippen LogP contribution is -2.39. The van der Waals surface area contributed by atoms with E-state index in [0.717, 1.165) is 16.9 Å². The number of guanidine groups is 1. The van der Waals surface area contributed by atoms with E-state index in [1.165, 1.54) is 0 Å². The lowest BCUT2D eigenvalue weighted by atomic mass is 10.1. The van der Waals surface area contributed by atoms with Gasteiger partial charge in [0, 0.05) is 38.2 Å². The number of carbonyl (C=O) groups is 1. The van der Waals surface area contributed by atoms with Crippen LogP contribution in [-0.4, -0.2) is 37.6 Å². The van der Waals surface area contributed by atoms with Crippen LogP contribution in [0, 0.1) is 6.92 Å². The molecule has 1 rings (SSSR count). The zero-order chi connectivity index (χ0) is 18.8. The Morgan fingerprint density at radius 3 is 2.46 bits per heavy atom. The van der Waals surface area contributed by atoms with Crippen LogP contribution in [0.2, 0.25) is 0 Å². The van der Waals surface area contributed by atoms with E-state index < -0.39 is 0 Å². The molecule has 0 aliphatic carbocycles. The monoisotopic (exact) mass is 476 g/mol. The van der Waals surface area contributed by atoms with Gasteiger partial charge in [0.25, 0.3) is 0 Å². The van der Waals surface area contributed by atoms with Gasteiger partial charge in [-0.3, -0.25) is 9.79 Å². The molecule has 1 aromatic rings. The van der Waals surface area contributed by atoms with Crippen molar-refractivity contribution in [2.75, 3.05) is 13.6 Å². The van der Waals surface area contributed by atoms with Gasteiger partial charge in [-0.05, 0) is 46.2 Å². The summed E-state index contributed by atoms with van der Waals surface area (Å²) in [6.45, 7) is 11.1. The molecule has 0 unspecified atom stereocenters. The summed E-state index contributed by atoms with van der Waals surface area (Å²) < 4.78 is 5.89. The van der Waals surface area contributed by atoms with E-state index in [1.54, 1.807) is 7.05 Å². The molecule has 7 heteroatoms. The first kappa shape index (κ1) is 24.5. The normalized spacial score (nSPS) is 11.2. The van der Waals surface area contributed by atoms with Crippen molar-refractivity contribution in [2.24, 2.45) is 4.99 Å². The lowest BCUT2D eigenvalue weighted by Gasteiger charge is -2.17. The maximum Gasteiger partial charge on any atom is 0.221 e. The molecule has 0 spiro atoms. The highest BCUT2D eigenvalue weighted by Gasteiger charge is 2.08. The Hall–Kier alpha value is -1.51. The maximum absolute atomic E-state index is 11.7. The van der Waals surface area contributed by atoms with E-state index in [4.69, 9.17) is 4.74 Å². The number of carbonyl (C=O) groups excluding carboxylic acids is 1. The molecule has 0 aliphatic heterocycles. The Kier molecular flexibility index (Phi) is 12.0. The molecule has 26 heavy (non-hydrogen) atoms. The standard InChI is InChI=1S/C19H32N4O2.HI/c1-13(2)23-18(24)9-10-21-19(20-6)22-12-16-8-7-15(5)11-17(16)25-14(3)4;/h7-8,11,13-14H,9-10,12H2,1-6H3,(H,23,24)(H2,20,21,22);1H. The molecule has 0 radical (unpaired) electrons. The summed E-state index contributed by atoms with van der Waals surface area (Å²) in [7, 11) is 1.71. The quantitative estimate of drug-likeness (QED) is 0.307. The van der Waals surface area contributed by atoms with E-state index in [2.05, 4.69) is 33.1 Å². The van der Waals surface area contributed by atoms with Crippen molar-refractivity contribution in [1.82, 2.24) is 16.0 Å². The number of nitrogens with zero attached hydrogens (tertiary/aromatic N) is 1. The minimum atomic E-state index is 0. The van der Waals surface area contributed by atoms with Crippen molar-refractivity contribution in [3.8, 4) is 5.75 Å². The van der Waals surface area contributed by atoms with Gasteiger partial charge in [0.1, 0.15) is 5.75 Å². The van der Waals surface area contributed by atoms with Gasteiger partial charge in [0.05, 0.1) is 6.10 Å². The second kappa shape index (κ2) is 12.8. The molecule has 0 atom stereocenters. The van der Waals surface area contributed by atoms with Crippen LogP contribution in [0.3, 0.4) is 0 Å². The minimum Gasteiger partial charge on any atom is -0.491 e. The van der Waals surface area contributed by atoms with Crippen molar-refractivity contribution in [1.29, 1.82) is 0 Å². The van der Waals surface area contributed by atoms with Crippen molar-refractivity contribution in [3.63, 3.8) is 0 Å². The number of hydrogen-bond acceptors (Lipinski definition) is 3. The number of amides is 1. The third-order valence-electron chi connectivity index (χ3n) is 3.35. The fourth-order valence-electron chi connectivity index (χ4n) is 2.26. The number of benzene rings is 1. The molecular weight excluding hydrogens is 443 g/mol. The number of nitrogens with one attached hydrogen (secondary N) is 3. The first-order chi connectivity index (χ1) is 11.8. The van der Waals surface area contributed by atoms with Crippen LogP contribution in [-0.2, 0) is 11.3 Å². The number of hydrogen-bond donors (Lipinski definition) is 3. The molecule has 0 bridgehead atoms. The average molecular weight is 476 g/mol. The summed E-state index contributed by atoms with van der Waals surface area (Å²) in [4.78, 5) is 15.8. The first-order valence-corrected chi connectivity index (χ1v) is 8.82. The predicted octanol–water partition coefficient (Wildman–Crippen LogP) is 2.98. The van der Waals surface area contributed by atoms with E-state index in [9.17, 15) is 4.79 Å². The summed E-state index contributed by atoms with van der Waals surface area (Å²) >= 11 is 0. The van der Waals surface area contributed by atoms with Crippen LogP contribution >= 0.6 is 24.0 Å². The van der Waals surface area contributed by atoms with Gasteiger partial charge < -0.3 is 20.7 Å². The summed E-state index contributed by atoms with van der Waals surface area (Å²) in [6, 6.07) is 6.33. The average Bonchev–Trinajstić information content (AvgIpc) is 2.50. The van der Waals surface area contributed by atoms with Crippen LogP contribution in [0.4, 0.5) is 0 Å². The van der Waals surface area contributed by atoms with Gasteiger partial charge in [-0.25, -0.2) is 0 Å². The van der Waals surface area contributed by atoms with Gasteiger partial charge in [0.2, 0.25) is 5.91 Å². The fraction of sp³-hybridized carbons (Fsp3) is 0.579. The molecule has 0 aromatic heterocycles. The van der Waals surface area contributed by atoms with E-state index in [-0.39, 0.29) is 42.0 Å². The number of aryl methyl sites for hydroxylation is 1. The summed E-state index contributed by atoms with van der Waals surface area (Å²) in [5, 5.41) is 9.28. The lowest BCUT2D eigenvalue weighted by molar-refractivity contribution is -0.121. The third-order valence-corrected chi connectivity index (χ3v) is 3.35. The van der Waals surface area contributed by atoms with Crippen LogP contribution in [0.5, 0.6) is 5.75 Å². The Bertz CT molecular complexity index is 589. The number of aliphatic imine (C=N–C) groups is 1. The molecule has 0 saturated heterocycles. The zero-order valence-corrected chi connectivity index (χ0v) is 19.0. The molecule has 0 aliphatic rings. The van der Waals surface area contributed by atoms with Crippen LogP contribution in [0.25, 0.3) is 0 Å². The van der Waals surface area contributed by atoms with Crippen molar-refractivity contribution >= 4 is 35.8 Å². The smallest absolute Gasteiger partial charge is 0.221 e. The van der Waals surface area contributed by atoms with Gasteiger partial charge in [-0.1, -0.05) is 12.1 Å². The second-order valence-corrected chi connectivity index (χ2v) is 6.60. The molecular formula is C19H33IN4O2. The second-order valence-electron chi connectivity index (χ2n) is 6.60. The largest absolute Gasteiger partial charge is 0.491 e. The fourth-order valence-corrected chi connectivity index (χ4v) is 2.26. The van der Waals surface area contributed by atoms with Gasteiger partial charge in [-0.15, -0.1) is 24.0 Å². The molecule has 6 nitrogen and oxygen atoms in total. The van der Waals surface area contributed by atoms with E-state index in [0.29, 0.717) is 25.5 Å². The first-order valence-electron chi connectivity index (χ1n) is 8.82. The van der Waals surface area contributed by atoms with Gasteiger partial charge >= 0.3 is 0 Å². The zero-order valence-electron chi connectivity index (χ0n) is 16.7. The summed E-state index contributed by atoms with van der Waals surface area (Å²) in [5.41, 5.74) is 2.23. The molecule has 1 amide bonds. The molecule has 0 heterocycles. The minimum absolute atomic E-state index is 0. The van der Waals surface area contributed by atoms with Crippen LogP contribution in [0.1, 0.15) is 45.2 Å². The molecule has 0 saturated carbocycles.